The van der Waals surface area contributed by atoms with Crippen molar-refractivity contribution in [2.24, 2.45) is 0 Å². The predicted molar refractivity (Wildman–Crippen MR) is 125 cm³/mol. The van der Waals surface area contributed by atoms with Gasteiger partial charge in [-0.3, -0.25) is 14.6 Å². The number of rotatable bonds is 8. The van der Waals surface area contributed by atoms with Crippen molar-refractivity contribution in [3.05, 3.63) is 65.2 Å². The zero-order valence-corrected chi connectivity index (χ0v) is 18.7. The van der Waals surface area contributed by atoms with Crippen molar-refractivity contribution >= 4 is 23.4 Å². The summed E-state index contributed by atoms with van der Waals surface area (Å²) in [7, 11) is 0. The lowest BCUT2D eigenvalue weighted by Crippen LogP contribution is -2.37. The average Bonchev–Trinajstić information content (AvgIpc) is 2.76. The fraction of sp³-hybridized carbons (Fsp3) is 0.458. The maximum Gasteiger partial charge on any atom is 0.246 e. The Morgan fingerprint density at radius 1 is 1.07 bits per heavy atom. The molecule has 1 heterocycles. The zero-order chi connectivity index (χ0) is 20.6. The normalized spacial score (nSPS) is 16.0. The minimum absolute atomic E-state index is 0.0366. The lowest BCUT2D eigenvalue weighted by atomic mass is 10.0. The van der Waals surface area contributed by atoms with E-state index in [1.165, 1.54) is 22.6 Å². The van der Waals surface area contributed by atoms with Gasteiger partial charge in [0.1, 0.15) is 6.04 Å². The molecule has 5 heteroatoms. The van der Waals surface area contributed by atoms with E-state index in [0.717, 1.165) is 44.0 Å². The highest BCUT2D eigenvalue weighted by Gasteiger charge is 2.26. The van der Waals surface area contributed by atoms with E-state index in [1.807, 2.05) is 48.2 Å². The van der Waals surface area contributed by atoms with Crippen molar-refractivity contribution in [1.29, 1.82) is 0 Å². The van der Waals surface area contributed by atoms with Crippen LogP contribution in [-0.2, 0) is 11.3 Å². The van der Waals surface area contributed by atoms with E-state index in [9.17, 15) is 4.79 Å². The lowest BCUT2D eigenvalue weighted by molar-refractivity contribution is -0.121. The Balaban J connectivity index is 1.79. The van der Waals surface area contributed by atoms with Gasteiger partial charge in [-0.15, -0.1) is 0 Å². The van der Waals surface area contributed by atoms with Crippen molar-refractivity contribution in [2.45, 2.75) is 33.4 Å². The molecule has 1 amide bonds. The minimum atomic E-state index is -0.284. The van der Waals surface area contributed by atoms with Crippen LogP contribution in [0.4, 0.5) is 5.69 Å². The van der Waals surface area contributed by atoms with Crippen LogP contribution in [0, 0.1) is 6.92 Å². The summed E-state index contributed by atoms with van der Waals surface area (Å²) in [6.45, 7) is 11.2. The molecule has 1 fully saturated rings. The van der Waals surface area contributed by atoms with Gasteiger partial charge in [-0.2, -0.15) is 11.8 Å². The third-order valence-electron chi connectivity index (χ3n) is 5.74. The van der Waals surface area contributed by atoms with E-state index < -0.39 is 0 Å². The molecule has 1 N–H and O–H groups in total. The lowest BCUT2D eigenvalue weighted by Gasteiger charge is -2.30. The second-order valence-electron chi connectivity index (χ2n) is 7.50. The Labute approximate surface area is 179 Å². The van der Waals surface area contributed by atoms with Gasteiger partial charge in [0.2, 0.25) is 5.91 Å². The van der Waals surface area contributed by atoms with Crippen LogP contribution in [0.5, 0.6) is 0 Å². The Morgan fingerprint density at radius 3 is 2.41 bits per heavy atom. The maximum absolute atomic E-state index is 13.4. The first-order valence-electron chi connectivity index (χ1n) is 10.6. The molecule has 3 rings (SSSR count). The maximum atomic E-state index is 13.4. The molecular weight excluding hydrogens is 378 g/mol. The van der Waals surface area contributed by atoms with Crippen LogP contribution in [0.15, 0.2) is 48.5 Å². The fourth-order valence-electron chi connectivity index (χ4n) is 3.94. The molecule has 1 atom stereocenters. The summed E-state index contributed by atoms with van der Waals surface area (Å²) >= 11 is 2.03. The highest BCUT2D eigenvalue weighted by Crippen LogP contribution is 2.26. The summed E-state index contributed by atoms with van der Waals surface area (Å²) in [4.78, 5) is 18.1. The van der Waals surface area contributed by atoms with Crippen LogP contribution in [0.25, 0.3) is 0 Å². The molecule has 1 aliphatic rings. The first-order chi connectivity index (χ1) is 14.1. The quantitative estimate of drug-likeness (QED) is 0.690. The molecule has 0 aromatic heterocycles. The summed E-state index contributed by atoms with van der Waals surface area (Å²) in [5.74, 6) is 2.45. The molecule has 29 heavy (non-hydrogen) atoms. The average molecular weight is 412 g/mol. The van der Waals surface area contributed by atoms with Crippen LogP contribution in [-0.4, -0.2) is 53.4 Å². The van der Waals surface area contributed by atoms with Gasteiger partial charge in [-0.05, 0) is 42.8 Å². The van der Waals surface area contributed by atoms with Gasteiger partial charge in [-0.25, -0.2) is 0 Å². The Kier molecular flexibility index (Phi) is 8.16. The standard InChI is InChI=1S/C24H33N3OS/c1-4-27(5-2)23(20-10-7-6-8-11-20)24(28)25-22-13-9-12-21(19(22)3)18-26-14-16-29-17-15-26/h6-13,23H,4-5,14-18H2,1-3H3,(H,25,28). The van der Waals surface area contributed by atoms with Gasteiger partial charge in [0.15, 0.2) is 0 Å². The molecule has 0 radical (unpaired) electrons. The Hall–Kier alpha value is -1.82. The van der Waals surface area contributed by atoms with Gasteiger partial charge in [0, 0.05) is 36.8 Å². The van der Waals surface area contributed by atoms with Crippen molar-refractivity contribution in [2.75, 3.05) is 43.0 Å². The molecule has 1 saturated heterocycles. The van der Waals surface area contributed by atoms with Crippen LogP contribution >= 0.6 is 11.8 Å². The number of nitrogens with one attached hydrogen (secondary N) is 1. The molecule has 0 spiro atoms. The molecule has 4 nitrogen and oxygen atoms in total. The SMILES string of the molecule is CCN(CC)C(C(=O)Nc1cccc(CN2CCSCC2)c1C)c1ccccc1. The monoisotopic (exact) mass is 411 g/mol. The van der Waals surface area contributed by atoms with Gasteiger partial charge >= 0.3 is 0 Å². The summed E-state index contributed by atoms with van der Waals surface area (Å²) in [6, 6.07) is 16.1. The van der Waals surface area contributed by atoms with Gasteiger partial charge in [0.25, 0.3) is 0 Å². The Morgan fingerprint density at radius 2 is 1.76 bits per heavy atom. The summed E-state index contributed by atoms with van der Waals surface area (Å²) < 4.78 is 0. The number of thioether (sulfide) groups is 1. The van der Waals surface area contributed by atoms with Crippen molar-refractivity contribution in [1.82, 2.24) is 9.80 Å². The van der Waals surface area contributed by atoms with Crippen LogP contribution in [0.1, 0.15) is 36.6 Å². The van der Waals surface area contributed by atoms with E-state index in [1.54, 1.807) is 0 Å². The molecule has 1 aliphatic heterocycles. The molecule has 0 saturated carbocycles. The number of carbonyl (C=O) groups excluding carboxylic acids is 1. The third kappa shape index (κ3) is 5.62. The summed E-state index contributed by atoms with van der Waals surface area (Å²) in [5, 5.41) is 3.23. The molecule has 2 aromatic rings. The van der Waals surface area contributed by atoms with E-state index in [-0.39, 0.29) is 11.9 Å². The number of hydrogen-bond donors (Lipinski definition) is 1. The van der Waals surface area contributed by atoms with Gasteiger partial charge < -0.3 is 5.32 Å². The molecule has 156 valence electrons. The zero-order valence-electron chi connectivity index (χ0n) is 17.9. The van der Waals surface area contributed by atoms with E-state index >= 15 is 0 Å². The number of anilines is 1. The van der Waals surface area contributed by atoms with Crippen LogP contribution in [0.2, 0.25) is 0 Å². The topological polar surface area (TPSA) is 35.6 Å². The largest absolute Gasteiger partial charge is 0.324 e. The van der Waals surface area contributed by atoms with Crippen molar-refractivity contribution in [3.63, 3.8) is 0 Å². The van der Waals surface area contributed by atoms with E-state index in [4.69, 9.17) is 0 Å². The Bertz CT molecular complexity index is 786. The second-order valence-corrected chi connectivity index (χ2v) is 8.73. The first-order valence-corrected chi connectivity index (χ1v) is 11.8. The smallest absolute Gasteiger partial charge is 0.246 e. The van der Waals surface area contributed by atoms with Crippen molar-refractivity contribution in [3.8, 4) is 0 Å². The third-order valence-corrected chi connectivity index (χ3v) is 6.69. The van der Waals surface area contributed by atoms with Gasteiger partial charge in [0.05, 0.1) is 0 Å². The number of likely N-dealkylation sites (N-methyl/N-ethyl adjacent to an activating group) is 1. The van der Waals surface area contributed by atoms with Gasteiger partial charge in [-0.1, -0.05) is 56.3 Å². The number of amides is 1. The molecule has 1 unspecified atom stereocenters. The molecular formula is C24H33N3OS. The number of benzene rings is 2. The van der Waals surface area contributed by atoms with E-state index in [0.29, 0.717) is 0 Å². The molecule has 0 bridgehead atoms. The van der Waals surface area contributed by atoms with E-state index in [2.05, 4.69) is 48.0 Å². The predicted octanol–water partition coefficient (Wildman–Crippen LogP) is 4.57. The minimum Gasteiger partial charge on any atom is -0.324 e. The molecule has 0 aliphatic carbocycles. The molecule has 2 aromatic carbocycles. The number of nitrogens with zero attached hydrogens (tertiary/aromatic N) is 2. The number of hydrogen-bond acceptors (Lipinski definition) is 4. The van der Waals surface area contributed by atoms with Crippen molar-refractivity contribution < 1.29 is 4.79 Å². The first kappa shape index (κ1) is 21.9. The summed E-state index contributed by atoms with van der Waals surface area (Å²) in [5.41, 5.74) is 4.43. The number of carbonyl (C=O) groups is 1. The van der Waals surface area contributed by atoms with Crippen LogP contribution in [0.3, 0.4) is 0 Å². The summed E-state index contributed by atoms with van der Waals surface area (Å²) in [6.07, 6.45) is 0. The van der Waals surface area contributed by atoms with Crippen LogP contribution < -0.4 is 5.32 Å². The highest BCUT2D eigenvalue weighted by atomic mass is 32.2. The fourth-order valence-corrected chi connectivity index (χ4v) is 4.92. The highest BCUT2D eigenvalue weighted by molar-refractivity contribution is 7.99. The second kappa shape index (κ2) is 10.8.